The Morgan fingerprint density at radius 3 is 2.11 bits per heavy atom. The number of hydrogen-bond donors (Lipinski definition) is 0. The average Bonchev–Trinajstić information content (AvgIpc) is 2.29. The molecule has 1 aromatic carbocycles. The van der Waals surface area contributed by atoms with Gasteiger partial charge in [-0.1, -0.05) is 43.0 Å². The molecule has 1 rings (SSSR count). The van der Waals surface area contributed by atoms with Gasteiger partial charge in [0, 0.05) is 0 Å². The molecule has 0 aliphatic rings. The van der Waals surface area contributed by atoms with Crippen molar-refractivity contribution in [3.8, 4) is 0 Å². The first-order valence-electron chi connectivity index (χ1n) is 5.52. The summed E-state index contributed by atoms with van der Waals surface area (Å²) >= 11 is 0. The highest BCUT2D eigenvalue weighted by Crippen LogP contribution is 2.32. The van der Waals surface area contributed by atoms with Crippen molar-refractivity contribution in [2.45, 2.75) is 20.0 Å². The second kappa shape index (κ2) is 5.71. The standard InChI is InChI=1S/C15H15F3/c1-4-12(13-8-6-5-7-9-13)10-14(11(2)3)15(16,17)18/h4-10H,2H2,1,3H3/b12-4?,14-10+. The molecule has 0 N–H and O–H groups in total. The first-order valence-corrected chi connectivity index (χ1v) is 5.52. The van der Waals surface area contributed by atoms with Crippen LogP contribution in [0.25, 0.3) is 5.57 Å². The fraction of sp³-hybridized carbons (Fsp3) is 0.200. The molecule has 0 bridgehead atoms. The summed E-state index contributed by atoms with van der Waals surface area (Å²) in [5.41, 5.74) is 0.603. The van der Waals surface area contributed by atoms with Gasteiger partial charge in [-0.15, -0.1) is 0 Å². The van der Waals surface area contributed by atoms with E-state index in [4.69, 9.17) is 0 Å². The van der Waals surface area contributed by atoms with Crippen LogP contribution in [0.4, 0.5) is 13.2 Å². The van der Waals surface area contributed by atoms with E-state index in [1.807, 2.05) is 6.07 Å². The Labute approximate surface area is 105 Å². The van der Waals surface area contributed by atoms with E-state index in [0.29, 0.717) is 5.57 Å². The van der Waals surface area contributed by atoms with Crippen LogP contribution in [0.15, 0.2) is 60.2 Å². The third-order valence-corrected chi connectivity index (χ3v) is 2.48. The smallest absolute Gasteiger partial charge is 0.166 e. The molecular weight excluding hydrogens is 237 g/mol. The molecule has 18 heavy (non-hydrogen) atoms. The van der Waals surface area contributed by atoms with Crippen molar-refractivity contribution in [1.82, 2.24) is 0 Å². The predicted molar refractivity (Wildman–Crippen MR) is 69.0 cm³/mol. The van der Waals surface area contributed by atoms with Gasteiger partial charge in [0.25, 0.3) is 0 Å². The van der Waals surface area contributed by atoms with Crippen molar-refractivity contribution in [1.29, 1.82) is 0 Å². The van der Waals surface area contributed by atoms with Crippen LogP contribution < -0.4 is 0 Å². The molecule has 96 valence electrons. The highest BCUT2D eigenvalue weighted by molar-refractivity contribution is 5.75. The monoisotopic (exact) mass is 252 g/mol. The SMILES string of the molecule is C=C(C)/C(=C\C(=CC)c1ccccc1)C(F)(F)F. The molecule has 0 amide bonds. The van der Waals surface area contributed by atoms with Crippen LogP contribution >= 0.6 is 0 Å². The van der Waals surface area contributed by atoms with Crippen molar-refractivity contribution in [2.24, 2.45) is 0 Å². The van der Waals surface area contributed by atoms with E-state index in [0.717, 1.165) is 11.6 Å². The molecular formula is C15H15F3. The van der Waals surface area contributed by atoms with Gasteiger partial charge in [0.15, 0.2) is 0 Å². The summed E-state index contributed by atoms with van der Waals surface area (Å²) in [5, 5.41) is 0. The average molecular weight is 252 g/mol. The Bertz CT molecular complexity index is 476. The predicted octanol–water partition coefficient (Wildman–Crippen LogP) is 5.15. The van der Waals surface area contributed by atoms with Crippen LogP contribution in [-0.4, -0.2) is 6.18 Å². The summed E-state index contributed by atoms with van der Waals surface area (Å²) < 4.78 is 38.5. The van der Waals surface area contributed by atoms with E-state index in [9.17, 15) is 13.2 Å². The first kappa shape index (κ1) is 14.3. The zero-order valence-corrected chi connectivity index (χ0v) is 10.4. The number of hydrogen-bond acceptors (Lipinski definition) is 0. The summed E-state index contributed by atoms with van der Waals surface area (Å²) in [6.07, 6.45) is -1.59. The van der Waals surface area contributed by atoms with Gasteiger partial charge >= 0.3 is 6.18 Å². The van der Waals surface area contributed by atoms with Crippen molar-refractivity contribution < 1.29 is 13.2 Å². The van der Waals surface area contributed by atoms with E-state index >= 15 is 0 Å². The van der Waals surface area contributed by atoms with Crippen molar-refractivity contribution in [3.63, 3.8) is 0 Å². The van der Waals surface area contributed by atoms with Crippen LogP contribution in [0, 0.1) is 0 Å². The summed E-state index contributed by atoms with van der Waals surface area (Å²) in [5.74, 6) is 0. The van der Waals surface area contributed by atoms with E-state index in [1.165, 1.54) is 6.92 Å². The number of alkyl halides is 3. The number of halogens is 3. The molecule has 1 aromatic rings. The maximum absolute atomic E-state index is 12.8. The van der Waals surface area contributed by atoms with Crippen LogP contribution in [0.3, 0.4) is 0 Å². The quantitative estimate of drug-likeness (QED) is 0.652. The van der Waals surface area contributed by atoms with Crippen LogP contribution in [-0.2, 0) is 0 Å². The molecule has 0 saturated heterocycles. The van der Waals surface area contributed by atoms with Crippen LogP contribution in [0.2, 0.25) is 0 Å². The lowest BCUT2D eigenvalue weighted by Crippen LogP contribution is -2.12. The maximum atomic E-state index is 12.8. The van der Waals surface area contributed by atoms with Gasteiger partial charge < -0.3 is 0 Å². The molecule has 0 aliphatic heterocycles. The molecule has 0 fully saturated rings. The third kappa shape index (κ3) is 3.62. The number of allylic oxidation sites excluding steroid dienone is 5. The lowest BCUT2D eigenvalue weighted by molar-refractivity contribution is -0.0891. The van der Waals surface area contributed by atoms with Crippen LogP contribution in [0.5, 0.6) is 0 Å². The first-order chi connectivity index (χ1) is 8.36. The Morgan fingerprint density at radius 1 is 1.17 bits per heavy atom. The number of rotatable bonds is 3. The van der Waals surface area contributed by atoms with Gasteiger partial charge in [-0.2, -0.15) is 13.2 Å². The minimum absolute atomic E-state index is 0.0118. The second-order valence-corrected chi connectivity index (χ2v) is 3.95. The van der Waals surface area contributed by atoms with Crippen molar-refractivity contribution >= 4 is 5.57 Å². The maximum Gasteiger partial charge on any atom is 0.416 e. The molecule has 0 heterocycles. The van der Waals surface area contributed by atoms with Crippen molar-refractivity contribution in [3.05, 3.63) is 65.8 Å². The molecule has 0 spiro atoms. The molecule has 3 heteroatoms. The molecule has 0 atom stereocenters. The van der Waals surface area contributed by atoms with E-state index in [1.54, 1.807) is 37.3 Å². The van der Waals surface area contributed by atoms with E-state index in [-0.39, 0.29) is 5.57 Å². The lowest BCUT2D eigenvalue weighted by atomic mass is 10.00. The molecule has 0 radical (unpaired) electrons. The van der Waals surface area contributed by atoms with Gasteiger partial charge in [0.2, 0.25) is 0 Å². The number of benzene rings is 1. The molecule has 0 unspecified atom stereocenters. The van der Waals surface area contributed by atoms with Gasteiger partial charge in [0.1, 0.15) is 0 Å². The lowest BCUT2D eigenvalue weighted by Gasteiger charge is -2.13. The summed E-state index contributed by atoms with van der Waals surface area (Å²) in [6, 6.07) is 8.96. The second-order valence-electron chi connectivity index (χ2n) is 3.95. The Kier molecular flexibility index (Phi) is 4.54. The van der Waals surface area contributed by atoms with Crippen molar-refractivity contribution in [2.75, 3.05) is 0 Å². The van der Waals surface area contributed by atoms with Gasteiger partial charge in [0.05, 0.1) is 5.57 Å². The van der Waals surface area contributed by atoms with Gasteiger partial charge in [-0.05, 0) is 36.6 Å². The topological polar surface area (TPSA) is 0 Å². The highest BCUT2D eigenvalue weighted by Gasteiger charge is 2.33. The minimum Gasteiger partial charge on any atom is -0.166 e. The summed E-state index contributed by atoms with van der Waals surface area (Å²) in [7, 11) is 0. The molecule has 0 nitrogen and oxygen atoms in total. The zero-order valence-electron chi connectivity index (χ0n) is 10.4. The highest BCUT2D eigenvalue weighted by atomic mass is 19.4. The molecule has 0 saturated carbocycles. The zero-order chi connectivity index (χ0) is 13.8. The summed E-state index contributed by atoms with van der Waals surface area (Å²) in [4.78, 5) is 0. The Morgan fingerprint density at radius 2 is 1.72 bits per heavy atom. The van der Waals surface area contributed by atoms with E-state index < -0.39 is 11.7 Å². The van der Waals surface area contributed by atoms with Gasteiger partial charge in [-0.3, -0.25) is 0 Å². The molecule has 0 aliphatic carbocycles. The Balaban J connectivity index is 3.23. The fourth-order valence-electron chi connectivity index (χ4n) is 1.57. The van der Waals surface area contributed by atoms with Gasteiger partial charge in [-0.25, -0.2) is 0 Å². The fourth-order valence-corrected chi connectivity index (χ4v) is 1.57. The third-order valence-electron chi connectivity index (χ3n) is 2.48. The minimum atomic E-state index is -4.38. The van der Waals surface area contributed by atoms with Crippen LogP contribution in [0.1, 0.15) is 19.4 Å². The largest absolute Gasteiger partial charge is 0.416 e. The van der Waals surface area contributed by atoms with E-state index in [2.05, 4.69) is 6.58 Å². The Hall–Kier alpha value is -1.77. The molecule has 0 aromatic heterocycles. The normalized spacial score (nSPS) is 13.6. The summed E-state index contributed by atoms with van der Waals surface area (Å²) in [6.45, 7) is 6.46.